The number of rotatable bonds is 7. The summed E-state index contributed by atoms with van der Waals surface area (Å²) >= 11 is 0. The van der Waals surface area contributed by atoms with Crippen molar-refractivity contribution in [1.82, 2.24) is 0 Å². The van der Waals surface area contributed by atoms with Crippen molar-refractivity contribution in [2.45, 2.75) is 19.9 Å². The Labute approximate surface area is 204 Å². The Balaban J connectivity index is 2.00. The quantitative estimate of drug-likeness (QED) is 0.294. The predicted octanol–water partition coefficient (Wildman–Crippen LogP) is 5.04. The second kappa shape index (κ2) is 9.93. The van der Waals surface area contributed by atoms with Gasteiger partial charge in [0, 0.05) is 5.69 Å². The van der Waals surface area contributed by atoms with Gasteiger partial charge in [-0.2, -0.15) is 0 Å². The van der Waals surface area contributed by atoms with Crippen LogP contribution in [-0.2, 0) is 9.59 Å². The number of carbonyl (C=O) groups excluding carboxylic acids is 2. The van der Waals surface area contributed by atoms with Crippen LogP contribution in [0.4, 0.5) is 5.69 Å². The van der Waals surface area contributed by atoms with Gasteiger partial charge in [0.1, 0.15) is 28.6 Å². The van der Waals surface area contributed by atoms with E-state index in [0.717, 1.165) is 5.56 Å². The lowest BCUT2D eigenvalue weighted by molar-refractivity contribution is -0.132. The molecule has 0 spiro atoms. The van der Waals surface area contributed by atoms with Gasteiger partial charge in [-0.3, -0.25) is 14.5 Å². The molecule has 7 nitrogen and oxygen atoms in total. The number of ether oxygens (including phenoxy) is 3. The molecular formula is C28H27NO6. The molecule has 7 heteroatoms. The van der Waals surface area contributed by atoms with Crippen LogP contribution in [0.2, 0.25) is 0 Å². The summed E-state index contributed by atoms with van der Waals surface area (Å²) in [5.74, 6) is -0.706. The molecule has 4 rings (SSSR count). The monoisotopic (exact) mass is 473 g/mol. The lowest BCUT2D eigenvalue weighted by Crippen LogP contribution is -2.29. The Kier molecular flexibility index (Phi) is 6.78. The number of ketones is 1. The Morgan fingerprint density at radius 1 is 0.943 bits per heavy atom. The van der Waals surface area contributed by atoms with Crippen molar-refractivity contribution in [3.8, 4) is 17.2 Å². The third kappa shape index (κ3) is 4.33. The van der Waals surface area contributed by atoms with Crippen LogP contribution < -0.4 is 19.1 Å². The molecule has 1 aliphatic heterocycles. The minimum Gasteiger partial charge on any atom is -0.506 e. The van der Waals surface area contributed by atoms with Crippen LogP contribution in [0.15, 0.2) is 72.3 Å². The second-order valence-electron chi connectivity index (χ2n) is 8.05. The molecule has 3 aromatic rings. The summed E-state index contributed by atoms with van der Waals surface area (Å²) in [5, 5.41) is 11.5. The summed E-state index contributed by atoms with van der Waals surface area (Å²) in [6.07, 6.45) is 0. The van der Waals surface area contributed by atoms with Crippen LogP contribution in [0.5, 0.6) is 17.2 Å². The highest BCUT2D eigenvalue weighted by Gasteiger charge is 2.47. The van der Waals surface area contributed by atoms with Crippen molar-refractivity contribution in [2.24, 2.45) is 0 Å². The van der Waals surface area contributed by atoms with E-state index in [-0.39, 0.29) is 16.9 Å². The Morgan fingerprint density at radius 3 is 2.17 bits per heavy atom. The molecule has 35 heavy (non-hydrogen) atoms. The number of aliphatic hydroxyl groups excluding tert-OH is 1. The van der Waals surface area contributed by atoms with E-state index < -0.39 is 17.7 Å². The second-order valence-corrected chi connectivity index (χ2v) is 8.05. The zero-order valence-corrected chi connectivity index (χ0v) is 20.1. The zero-order valence-electron chi connectivity index (χ0n) is 20.1. The summed E-state index contributed by atoms with van der Waals surface area (Å²) < 4.78 is 16.5. The van der Waals surface area contributed by atoms with Crippen molar-refractivity contribution in [3.63, 3.8) is 0 Å². The largest absolute Gasteiger partial charge is 0.506 e. The van der Waals surface area contributed by atoms with E-state index in [2.05, 4.69) is 0 Å². The number of hydrogen-bond donors (Lipinski definition) is 1. The van der Waals surface area contributed by atoms with Gasteiger partial charge in [-0.25, -0.2) is 0 Å². The number of carbonyl (C=O) groups is 2. The molecule has 1 heterocycles. The van der Waals surface area contributed by atoms with Crippen LogP contribution in [0, 0.1) is 6.92 Å². The molecule has 0 aromatic heterocycles. The lowest BCUT2D eigenvalue weighted by atomic mass is 9.94. The fourth-order valence-electron chi connectivity index (χ4n) is 4.28. The average Bonchev–Trinajstić information content (AvgIpc) is 3.14. The van der Waals surface area contributed by atoms with E-state index >= 15 is 0 Å². The molecule has 1 fully saturated rings. The first-order valence-electron chi connectivity index (χ1n) is 11.2. The summed E-state index contributed by atoms with van der Waals surface area (Å²) in [4.78, 5) is 28.2. The molecule has 0 bridgehead atoms. The molecule has 1 unspecified atom stereocenters. The zero-order chi connectivity index (χ0) is 25.1. The average molecular weight is 474 g/mol. The first kappa shape index (κ1) is 23.9. The molecular weight excluding hydrogens is 446 g/mol. The maximum Gasteiger partial charge on any atom is 0.300 e. The van der Waals surface area contributed by atoms with E-state index in [1.807, 2.05) is 26.0 Å². The fourth-order valence-corrected chi connectivity index (χ4v) is 4.28. The number of aliphatic hydroxyl groups is 1. The standard InChI is InChI=1S/C28H27NO6/c1-5-35-20-9-6-8-18(16-20)25-24(26(30)23-21(33-3)10-7-11-22(23)34-4)27(31)28(32)29(25)19-14-12-17(2)13-15-19/h6-16,25,30H,5H2,1-4H3/b26-24+. The molecule has 180 valence electrons. The minimum atomic E-state index is -0.896. The van der Waals surface area contributed by atoms with Gasteiger partial charge in [-0.15, -0.1) is 0 Å². The van der Waals surface area contributed by atoms with Crippen molar-refractivity contribution in [1.29, 1.82) is 0 Å². The van der Waals surface area contributed by atoms with E-state index in [1.165, 1.54) is 19.1 Å². The number of anilines is 1. The molecule has 0 saturated carbocycles. The first-order chi connectivity index (χ1) is 16.9. The number of nitrogens with zero attached hydrogens (tertiary/aromatic N) is 1. The van der Waals surface area contributed by atoms with E-state index in [1.54, 1.807) is 54.6 Å². The van der Waals surface area contributed by atoms with Gasteiger partial charge in [0.2, 0.25) is 0 Å². The van der Waals surface area contributed by atoms with Crippen molar-refractivity contribution >= 4 is 23.1 Å². The van der Waals surface area contributed by atoms with Gasteiger partial charge in [0.25, 0.3) is 11.7 Å². The molecule has 1 aliphatic rings. The number of amides is 1. The molecule has 0 aliphatic carbocycles. The number of hydrogen-bond acceptors (Lipinski definition) is 6. The molecule has 1 amide bonds. The van der Waals surface area contributed by atoms with Crippen LogP contribution in [0.3, 0.4) is 0 Å². The van der Waals surface area contributed by atoms with Gasteiger partial charge in [-0.05, 0) is 55.8 Å². The normalized spacial score (nSPS) is 16.9. The van der Waals surface area contributed by atoms with Crippen LogP contribution >= 0.6 is 0 Å². The first-order valence-corrected chi connectivity index (χ1v) is 11.2. The Morgan fingerprint density at radius 2 is 1.57 bits per heavy atom. The molecule has 1 saturated heterocycles. The van der Waals surface area contributed by atoms with Gasteiger partial charge in [0.15, 0.2) is 0 Å². The summed E-state index contributed by atoms with van der Waals surface area (Å²) in [5.41, 5.74) is 2.30. The molecule has 1 N–H and O–H groups in total. The highest BCUT2D eigenvalue weighted by molar-refractivity contribution is 6.51. The van der Waals surface area contributed by atoms with Gasteiger partial charge in [0.05, 0.1) is 32.4 Å². The van der Waals surface area contributed by atoms with Crippen molar-refractivity contribution < 1.29 is 28.9 Å². The predicted molar refractivity (Wildman–Crippen MR) is 133 cm³/mol. The SMILES string of the molecule is CCOc1cccc(C2/C(=C(\O)c3c(OC)cccc3OC)C(=O)C(=O)N2c2ccc(C)cc2)c1. The molecule has 3 aromatic carbocycles. The van der Waals surface area contributed by atoms with Crippen LogP contribution in [0.1, 0.15) is 29.7 Å². The van der Waals surface area contributed by atoms with Crippen molar-refractivity contribution in [2.75, 3.05) is 25.7 Å². The van der Waals surface area contributed by atoms with E-state index in [0.29, 0.717) is 35.1 Å². The fraction of sp³-hybridized carbons (Fsp3) is 0.214. The summed E-state index contributed by atoms with van der Waals surface area (Å²) in [7, 11) is 2.92. The summed E-state index contributed by atoms with van der Waals surface area (Å²) in [6, 6.07) is 18.6. The van der Waals surface area contributed by atoms with Gasteiger partial charge in [-0.1, -0.05) is 35.9 Å². The highest BCUT2D eigenvalue weighted by atomic mass is 16.5. The number of methoxy groups -OCH3 is 2. The minimum absolute atomic E-state index is 0.0629. The third-order valence-corrected chi connectivity index (χ3v) is 5.91. The van der Waals surface area contributed by atoms with Gasteiger partial charge >= 0.3 is 0 Å². The number of Topliss-reactive ketones (excluding diaryl/α,β-unsaturated/α-hetero) is 1. The topological polar surface area (TPSA) is 85.3 Å². The lowest BCUT2D eigenvalue weighted by Gasteiger charge is -2.26. The van der Waals surface area contributed by atoms with Gasteiger partial charge < -0.3 is 19.3 Å². The molecule has 0 radical (unpaired) electrons. The Hall–Kier alpha value is -4.26. The number of aryl methyl sites for hydroxylation is 1. The van der Waals surface area contributed by atoms with Crippen molar-refractivity contribution in [3.05, 3.63) is 89.0 Å². The maximum atomic E-state index is 13.4. The Bertz CT molecular complexity index is 1270. The smallest absolute Gasteiger partial charge is 0.300 e. The van der Waals surface area contributed by atoms with E-state index in [4.69, 9.17) is 14.2 Å². The van der Waals surface area contributed by atoms with E-state index in [9.17, 15) is 14.7 Å². The maximum absolute atomic E-state index is 13.4. The number of benzene rings is 3. The highest BCUT2D eigenvalue weighted by Crippen LogP contribution is 2.45. The van der Waals surface area contributed by atoms with Crippen LogP contribution in [-0.4, -0.2) is 37.6 Å². The third-order valence-electron chi connectivity index (χ3n) is 5.91. The summed E-state index contributed by atoms with van der Waals surface area (Å²) in [6.45, 7) is 4.27. The van der Waals surface area contributed by atoms with Crippen LogP contribution in [0.25, 0.3) is 5.76 Å². The molecule has 1 atom stereocenters.